The van der Waals surface area contributed by atoms with Crippen LogP contribution in [0.25, 0.3) is 11.3 Å². The fraction of sp³-hybridized carbons (Fsp3) is 0.172. The number of hydrogen-bond acceptors (Lipinski definition) is 4. The highest BCUT2D eigenvalue weighted by Crippen LogP contribution is 2.34. The summed E-state index contributed by atoms with van der Waals surface area (Å²) >= 11 is 12.4. The zero-order valence-electron chi connectivity index (χ0n) is 20.2. The minimum atomic E-state index is -0.361. The summed E-state index contributed by atoms with van der Waals surface area (Å²) in [6.45, 7) is 4.75. The van der Waals surface area contributed by atoms with Crippen molar-refractivity contribution in [2.24, 2.45) is 0 Å². The molecule has 0 saturated carbocycles. The number of amides is 2. The average Bonchev–Trinajstić information content (AvgIpc) is 3.41. The Hall–Kier alpha value is -3.74. The van der Waals surface area contributed by atoms with Crippen molar-refractivity contribution in [1.82, 2.24) is 4.90 Å². The number of rotatable bonds is 5. The first-order valence-electron chi connectivity index (χ1n) is 12.0. The number of nitrogens with one attached hydrogen (secondary N) is 1. The maximum Gasteiger partial charge on any atom is 0.291 e. The first kappa shape index (κ1) is 24.9. The number of anilines is 2. The minimum absolute atomic E-state index is 0.0783. The number of hydrogen-bond donors (Lipinski definition) is 1. The van der Waals surface area contributed by atoms with Gasteiger partial charge in [0.25, 0.3) is 11.8 Å². The Morgan fingerprint density at radius 2 is 1.57 bits per heavy atom. The Labute approximate surface area is 225 Å². The van der Waals surface area contributed by atoms with Crippen LogP contribution < -0.4 is 10.2 Å². The molecule has 1 aliphatic heterocycles. The summed E-state index contributed by atoms with van der Waals surface area (Å²) in [5.41, 5.74) is 4.07. The molecule has 3 aromatic carbocycles. The minimum Gasteiger partial charge on any atom is -0.451 e. The van der Waals surface area contributed by atoms with Gasteiger partial charge in [0, 0.05) is 48.7 Å². The number of benzene rings is 3. The Balaban J connectivity index is 1.18. The lowest BCUT2D eigenvalue weighted by molar-refractivity contribution is 0.0746. The molecule has 0 aliphatic carbocycles. The summed E-state index contributed by atoms with van der Waals surface area (Å²) in [6, 6.07) is 23.9. The molecular weight excluding hydrogens is 509 g/mol. The Bertz CT molecular complexity index is 1440. The van der Waals surface area contributed by atoms with Crippen molar-refractivity contribution in [3.05, 3.63) is 106 Å². The zero-order valence-corrected chi connectivity index (χ0v) is 21.7. The second kappa shape index (κ2) is 10.7. The van der Waals surface area contributed by atoms with E-state index in [1.165, 1.54) is 0 Å². The molecule has 8 heteroatoms. The van der Waals surface area contributed by atoms with Crippen LogP contribution in [0.4, 0.5) is 11.4 Å². The first-order chi connectivity index (χ1) is 17.9. The van der Waals surface area contributed by atoms with Crippen molar-refractivity contribution in [2.45, 2.75) is 6.92 Å². The summed E-state index contributed by atoms with van der Waals surface area (Å²) in [6.07, 6.45) is 0. The van der Waals surface area contributed by atoms with E-state index in [-0.39, 0.29) is 17.6 Å². The van der Waals surface area contributed by atoms with Gasteiger partial charge in [-0.2, -0.15) is 0 Å². The van der Waals surface area contributed by atoms with Gasteiger partial charge in [0.15, 0.2) is 5.76 Å². The molecule has 5 rings (SSSR count). The molecule has 188 valence electrons. The zero-order chi connectivity index (χ0) is 25.9. The van der Waals surface area contributed by atoms with E-state index < -0.39 is 0 Å². The lowest BCUT2D eigenvalue weighted by Crippen LogP contribution is -2.48. The number of carbonyl (C=O) groups is 2. The van der Waals surface area contributed by atoms with E-state index in [0.29, 0.717) is 40.1 Å². The van der Waals surface area contributed by atoms with Crippen LogP contribution >= 0.6 is 23.2 Å². The van der Waals surface area contributed by atoms with E-state index in [0.717, 1.165) is 29.9 Å². The molecule has 37 heavy (non-hydrogen) atoms. The highest BCUT2D eigenvalue weighted by Gasteiger charge is 2.23. The van der Waals surface area contributed by atoms with Crippen molar-refractivity contribution < 1.29 is 14.0 Å². The molecule has 2 heterocycles. The molecule has 1 saturated heterocycles. The fourth-order valence-corrected chi connectivity index (χ4v) is 4.79. The monoisotopic (exact) mass is 533 g/mol. The van der Waals surface area contributed by atoms with E-state index >= 15 is 0 Å². The summed E-state index contributed by atoms with van der Waals surface area (Å²) in [5.74, 6) is 0.354. The highest BCUT2D eigenvalue weighted by atomic mass is 35.5. The lowest BCUT2D eigenvalue weighted by Gasteiger charge is -2.36. The molecule has 2 amide bonds. The normalized spacial score (nSPS) is 13.5. The maximum atomic E-state index is 12.9. The molecule has 0 bridgehead atoms. The standard InChI is InChI=1S/C29H25Cl2N3O3/c1-19-5-2-3-6-22(19)29(36)34-17-15-33(16-18-34)21-11-9-20(10-12-21)32-28(35)26-14-13-25(37-26)23-7-4-8-24(30)27(23)31/h2-14H,15-18H2,1H3,(H,32,35). The van der Waals surface area contributed by atoms with E-state index in [1.807, 2.05) is 60.4 Å². The molecule has 4 aromatic rings. The summed E-state index contributed by atoms with van der Waals surface area (Å²) in [4.78, 5) is 29.8. The van der Waals surface area contributed by atoms with Crippen molar-refractivity contribution in [3.8, 4) is 11.3 Å². The summed E-state index contributed by atoms with van der Waals surface area (Å²) in [7, 11) is 0. The van der Waals surface area contributed by atoms with Gasteiger partial charge in [-0.1, -0.05) is 47.5 Å². The van der Waals surface area contributed by atoms with Gasteiger partial charge in [0.2, 0.25) is 0 Å². The number of furan rings is 1. The number of nitrogens with zero attached hydrogens (tertiary/aromatic N) is 2. The number of piperazine rings is 1. The predicted molar refractivity (Wildman–Crippen MR) is 148 cm³/mol. The molecule has 0 atom stereocenters. The van der Waals surface area contributed by atoms with Crippen LogP contribution in [0, 0.1) is 6.92 Å². The van der Waals surface area contributed by atoms with E-state index in [2.05, 4.69) is 10.2 Å². The fourth-order valence-electron chi connectivity index (χ4n) is 4.40. The SMILES string of the molecule is Cc1ccccc1C(=O)N1CCN(c2ccc(NC(=O)c3ccc(-c4cccc(Cl)c4Cl)o3)cc2)CC1. The van der Waals surface area contributed by atoms with Crippen LogP contribution in [-0.2, 0) is 0 Å². The predicted octanol–water partition coefficient (Wildman–Crippen LogP) is 6.78. The Morgan fingerprint density at radius 1 is 0.838 bits per heavy atom. The van der Waals surface area contributed by atoms with Crippen LogP contribution in [0.5, 0.6) is 0 Å². The van der Waals surface area contributed by atoms with Crippen molar-refractivity contribution in [1.29, 1.82) is 0 Å². The smallest absolute Gasteiger partial charge is 0.291 e. The van der Waals surface area contributed by atoms with Crippen molar-refractivity contribution in [2.75, 3.05) is 36.4 Å². The van der Waals surface area contributed by atoms with Crippen molar-refractivity contribution in [3.63, 3.8) is 0 Å². The van der Waals surface area contributed by atoms with Gasteiger partial charge >= 0.3 is 0 Å². The summed E-state index contributed by atoms with van der Waals surface area (Å²) < 4.78 is 5.73. The van der Waals surface area contributed by atoms with Gasteiger partial charge in [0.1, 0.15) is 5.76 Å². The Kier molecular flexibility index (Phi) is 7.22. The van der Waals surface area contributed by atoms with Crippen LogP contribution in [0.2, 0.25) is 10.0 Å². The van der Waals surface area contributed by atoms with Crippen LogP contribution in [0.15, 0.2) is 83.3 Å². The van der Waals surface area contributed by atoms with Crippen LogP contribution in [0.3, 0.4) is 0 Å². The second-order valence-electron chi connectivity index (χ2n) is 8.86. The van der Waals surface area contributed by atoms with Crippen molar-refractivity contribution >= 4 is 46.4 Å². The molecule has 1 N–H and O–H groups in total. The van der Waals surface area contributed by atoms with Gasteiger partial charge in [0.05, 0.1) is 10.0 Å². The van der Waals surface area contributed by atoms with Gasteiger partial charge in [-0.3, -0.25) is 9.59 Å². The molecule has 0 unspecified atom stereocenters. The van der Waals surface area contributed by atoms with Gasteiger partial charge in [-0.05, 0) is 67.1 Å². The highest BCUT2D eigenvalue weighted by molar-refractivity contribution is 6.43. The third kappa shape index (κ3) is 5.36. The van der Waals surface area contributed by atoms with E-state index in [9.17, 15) is 9.59 Å². The largest absolute Gasteiger partial charge is 0.451 e. The van der Waals surface area contributed by atoms with Gasteiger partial charge < -0.3 is 19.5 Å². The van der Waals surface area contributed by atoms with Gasteiger partial charge in [-0.15, -0.1) is 0 Å². The molecular formula is C29H25Cl2N3O3. The summed E-state index contributed by atoms with van der Waals surface area (Å²) in [5, 5.41) is 3.66. The molecule has 6 nitrogen and oxygen atoms in total. The van der Waals surface area contributed by atoms with E-state index in [1.54, 1.807) is 30.3 Å². The first-order valence-corrected chi connectivity index (χ1v) is 12.7. The number of carbonyl (C=O) groups excluding carboxylic acids is 2. The Morgan fingerprint density at radius 3 is 2.30 bits per heavy atom. The number of aryl methyl sites for hydroxylation is 1. The average molecular weight is 534 g/mol. The molecule has 0 radical (unpaired) electrons. The lowest BCUT2D eigenvalue weighted by atomic mass is 10.1. The molecule has 1 aromatic heterocycles. The quantitative estimate of drug-likeness (QED) is 0.307. The topological polar surface area (TPSA) is 65.8 Å². The molecule has 0 spiro atoms. The third-order valence-corrected chi connectivity index (χ3v) is 7.30. The van der Waals surface area contributed by atoms with Crippen LogP contribution in [-0.4, -0.2) is 42.9 Å². The number of halogens is 2. The molecule has 1 fully saturated rings. The van der Waals surface area contributed by atoms with Gasteiger partial charge in [-0.25, -0.2) is 0 Å². The maximum absolute atomic E-state index is 12.9. The third-order valence-electron chi connectivity index (χ3n) is 6.48. The second-order valence-corrected chi connectivity index (χ2v) is 9.65. The molecule has 1 aliphatic rings. The van der Waals surface area contributed by atoms with E-state index in [4.69, 9.17) is 27.6 Å². The van der Waals surface area contributed by atoms with Crippen LogP contribution in [0.1, 0.15) is 26.5 Å².